The molecular weight excluding hydrogens is 384 g/mol. The third-order valence-electron chi connectivity index (χ3n) is 4.11. The first kappa shape index (κ1) is 20.5. The number of anilines is 1. The summed E-state index contributed by atoms with van der Waals surface area (Å²) in [7, 11) is 0. The lowest BCUT2D eigenvalue weighted by molar-refractivity contribution is -0.148. The number of benzene rings is 2. The Kier molecular flexibility index (Phi) is 6.92. The molecule has 2 aromatic carbocycles. The predicted molar refractivity (Wildman–Crippen MR) is 117 cm³/mol. The molecule has 0 spiro atoms. The molecule has 0 aliphatic rings. The minimum Gasteiger partial charge on any atom is -0.449 e. The number of allylic oxidation sites excluding steroid dienone is 3. The highest BCUT2D eigenvalue weighted by Gasteiger charge is 2.16. The van der Waals surface area contributed by atoms with Crippen molar-refractivity contribution >= 4 is 39.1 Å². The second-order valence-electron chi connectivity index (χ2n) is 6.40. The number of thiazole rings is 1. The maximum absolute atomic E-state index is 12.2. The Hall–Kier alpha value is -3.25. The molecule has 29 heavy (non-hydrogen) atoms. The molecule has 1 atom stereocenters. The number of nitrogens with zero attached hydrogens (tertiary/aromatic N) is 1. The molecule has 0 fully saturated rings. The number of hydrogen-bond acceptors (Lipinski definition) is 5. The lowest BCUT2D eigenvalue weighted by Crippen LogP contribution is -2.29. The van der Waals surface area contributed by atoms with E-state index in [1.807, 2.05) is 49.4 Å². The van der Waals surface area contributed by atoms with Gasteiger partial charge in [0.15, 0.2) is 6.10 Å². The predicted octanol–water partition coefficient (Wildman–Crippen LogP) is 4.89. The van der Waals surface area contributed by atoms with Crippen LogP contribution in [0.15, 0.2) is 72.8 Å². The van der Waals surface area contributed by atoms with Gasteiger partial charge < -0.3 is 10.1 Å². The Labute approximate surface area is 173 Å². The minimum absolute atomic E-state index is 0.378. The van der Waals surface area contributed by atoms with Crippen molar-refractivity contribution in [2.75, 3.05) is 5.32 Å². The molecule has 0 bridgehead atoms. The molecule has 1 amide bonds. The van der Waals surface area contributed by atoms with E-state index in [1.165, 1.54) is 17.7 Å². The molecule has 0 saturated carbocycles. The summed E-state index contributed by atoms with van der Waals surface area (Å²) in [4.78, 5) is 28.5. The van der Waals surface area contributed by atoms with Gasteiger partial charge in [0.05, 0.1) is 15.2 Å². The highest BCUT2D eigenvalue weighted by Crippen LogP contribution is 2.24. The van der Waals surface area contributed by atoms with Gasteiger partial charge in [-0.15, -0.1) is 11.3 Å². The Balaban J connectivity index is 1.55. The zero-order valence-electron chi connectivity index (χ0n) is 16.3. The van der Waals surface area contributed by atoms with Crippen LogP contribution in [-0.4, -0.2) is 23.0 Å². The van der Waals surface area contributed by atoms with Crippen molar-refractivity contribution in [2.24, 2.45) is 0 Å². The van der Waals surface area contributed by atoms with Gasteiger partial charge in [0.25, 0.3) is 5.91 Å². The second-order valence-corrected chi connectivity index (χ2v) is 7.52. The average molecular weight is 407 g/mol. The second kappa shape index (κ2) is 9.80. The maximum atomic E-state index is 12.2. The normalized spacial score (nSPS) is 12.5. The van der Waals surface area contributed by atoms with Crippen molar-refractivity contribution in [3.8, 4) is 0 Å². The van der Waals surface area contributed by atoms with Gasteiger partial charge in [-0.3, -0.25) is 4.79 Å². The summed E-state index contributed by atoms with van der Waals surface area (Å²) in [6.45, 7) is 3.38. The lowest BCUT2D eigenvalue weighted by atomic mass is 10.1. The molecule has 0 unspecified atom stereocenters. The van der Waals surface area contributed by atoms with Crippen molar-refractivity contribution < 1.29 is 14.3 Å². The van der Waals surface area contributed by atoms with Gasteiger partial charge in [0.2, 0.25) is 0 Å². The van der Waals surface area contributed by atoms with E-state index in [4.69, 9.17) is 4.74 Å². The van der Waals surface area contributed by atoms with Gasteiger partial charge >= 0.3 is 5.97 Å². The number of para-hydroxylation sites is 1. The molecule has 0 saturated heterocycles. The van der Waals surface area contributed by atoms with E-state index in [9.17, 15) is 9.59 Å². The van der Waals surface area contributed by atoms with Crippen LogP contribution in [0.3, 0.4) is 0 Å². The smallest absolute Gasteiger partial charge is 0.331 e. The summed E-state index contributed by atoms with van der Waals surface area (Å²) in [6, 6.07) is 15.7. The van der Waals surface area contributed by atoms with E-state index in [1.54, 1.807) is 29.6 Å². The van der Waals surface area contributed by atoms with Crippen LogP contribution in [0.25, 0.3) is 10.2 Å². The van der Waals surface area contributed by atoms with Gasteiger partial charge in [-0.05, 0) is 43.7 Å². The number of amides is 1. The van der Waals surface area contributed by atoms with E-state index in [2.05, 4.69) is 16.4 Å². The van der Waals surface area contributed by atoms with Gasteiger partial charge in [-0.2, -0.15) is 0 Å². The minimum atomic E-state index is -0.889. The molecule has 0 aliphatic heterocycles. The van der Waals surface area contributed by atoms with Crippen LogP contribution in [-0.2, 0) is 20.7 Å². The molecule has 1 heterocycles. The van der Waals surface area contributed by atoms with E-state index < -0.39 is 12.1 Å². The standard InChI is InChI=1S/C23H22N2O3S/c1-3-4-5-10-22(26)28-16(2)23(27)24-18-13-11-17(12-14-18)15-21-25-19-8-6-7-9-20(19)29-21/h3-14,16H,15H2,1-2H3,(H,24,27)/b4-3+,10-5+/t16-/m0/s1. The molecule has 6 heteroatoms. The summed E-state index contributed by atoms with van der Waals surface area (Å²) in [5, 5.41) is 3.81. The van der Waals surface area contributed by atoms with Crippen LogP contribution in [0.5, 0.6) is 0 Å². The Morgan fingerprint density at radius 2 is 1.90 bits per heavy atom. The number of aromatic nitrogens is 1. The summed E-state index contributed by atoms with van der Waals surface area (Å²) >= 11 is 1.68. The molecule has 0 radical (unpaired) electrons. The van der Waals surface area contributed by atoms with Crippen molar-refractivity contribution in [1.29, 1.82) is 0 Å². The van der Waals surface area contributed by atoms with Gasteiger partial charge in [0.1, 0.15) is 0 Å². The Morgan fingerprint density at radius 1 is 1.14 bits per heavy atom. The Morgan fingerprint density at radius 3 is 2.62 bits per heavy atom. The number of carbonyl (C=O) groups is 2. The van der Waals surface area contributed by atoms with Crippen molar-refractivity contribution in [3.05, 3.63) is 83.4 Å². The fourth-order valence-electron chi connectivity index (χ4n) is 2.63. The molecule has 1 aromatic heterocycles. The highest BCUT2D eigenvalue weighted by molar-refractivity contribution is 7.18. The number of nitrogens with one attached hydrogen (secondary N) is 1. The number of carbonyl (C=O) groups excluding carboxylic acids is 2. The molecule has 3 aromatic rings. The fourth-order valence-corrected chi connectivity index (χ4v) is 3.63. The monoisotopic (exact) mass is 406 g/mol. The third kappa shape index (κ3) is 5.86. The first-order valence-corrected chi connectivity index (χ1v) is 10.1. The summed E-state index contributed by atoms with van der Waals surface area (Å²) < 4.78 is 6.26. The number of hydrogen-bond donors (Lipinski definition) is 1. The van der Waals surface area contributed by atoms with Crippen molar-refractivity contribution in [2.45, 2.75) is 26.4 Å². The van der Waals surface area contributed by atoms with E-state index in [0.717, 1.165) is 22.5 Å². The van der Waals surface area contributed by atoms with Crippen LogP contribution in [0, 0.1) is 0 Å². The Bertz CT molecular complexity index is 1020. The largest absolute Gasteiger partial charge is 0.449 e. The fraction of sp³-hybridized carbons (Fsp3) is 0.174. The van der Waals surface area contributed by atoms with Crippen molar-refractivity contribution in [1.82, 2.24) is 4.98 Å². The zero-order valence-corrected chi connectivity index (χ0v) is 17.1. The van der Waals surface area contributed by atoms with E-state index >= 15 is 0 Å². The van der Waals surface area contributed by atoms with Crippen LogP contribution >= 0.6 is 11.3 Å². The van der Waals surface area contributed by atoms with Crippen molar-refractivity contribution in [3.63, 3.8) is 0 Å². The summed E-state index contributed by atoms with van der Waals surface area (Å²) in [6.07, 6.45) is 6.19. The first-order valence-electron chi connectivity index (χ1n) is 9.29. The SMILES string of the molecule is C/C=C/C=C/C(=O)O[C@@H](C)C(=O)Nc1ccc(Cc2nc3ccccc3s2)cc1. The summed E-state index contributed by atoms with van der Waals surface area (Å²) in [5.74, 6) is -0.936. The molecular formula is C23H22N2O3S. The van der Waals surface area contributed by atoms with Gasteiger partial charge in [-0.1, -0.05) is 42.5 Å². The lowest BCUT2D eigenvalue weighted by Gasteiger charge is -2.12. The number of fused-ring (bicyclic) bond motifs is 1. The number of esters is 1. The maximum Gasteiger partial charge on any atom is 0.331 e. The van der Waals surface area contributed by atoms with Crippen LogP contribution in [0.2, 0.25) is 0 Å². The van der Waals surface area contributed by atoms with Gasteiger partial charge in [0, 0.05) is 18.2 Å². The highest BCUT2D eigenvalue weighted by atomic mass is 32.1. The van der Waals surface area contributed by atoms with Crippen LogP contribution in [0.4, 0.5) is 5.69 Å². The van der Waals surface area contributed by atoms with Crippen LogP contribution < -0.4 is 5.32 Å². The van der Waals surface area contributed by atoms with Crippen LogP contribution in [0.1, 0.15) is 24.4 Å². The topological polar surface area (TPSA) is 68.3 Å². The number of rotatable bonds is 7. The number of ether oxygens (including phenoxy) is 1. The summed E-state index contributed by atoms with van der Waals surface area (Å²) in [5.41, 5.74) is 2.77. The molecule has 3 rings (SSSR count). The molecule has 0 aliphatic carbocycles. The van der Waals surface area contributed by atoms with E-state index in [-0.39, 0.29) is 5.91 Å². The average Bonchev–Trinajstić information content (AvgIpc) is 3.12. The van der Waals surface area contributed by atoms with Gasteiger partial charge in [-0.25, -0.2) is 9.78 Å². The zero-order chi connectivity index (χ0) is 20.6. The van der Waals surface area contributed by atoms with E-state index in [0.29, 0.717) is 5.69 Å². The molecule has 5 nitrogen and oxygen atoms in total. The third-order valence-corrected chi connectivity index (χ3v) is 5.15. The quantitative estimate of drug-likeness (QED) is 0.345. The molecule has 148 valence electrons. The first-order chi connectivity index (χ1) is 14.0. The molecule has 1 N–H and O–H groups in total.